The van der Waals surface area contributed by atoms with Gasteiger partial charge in [-0.1, -0.05) is 12.1 Å². The average Bonchev–Trinajstić information content (AvgIpc) is 2.58. The summed E-state index contributed by atoms with van der Waals surface area (Å²) in [6.07, 6.45) is 1.12. The number of rotatable bonds is 5. The molecule has 0 aromatic heterocycles. The van der Waals surface area contributed by atoms with Gasteiger partial charge in [-0.2, -0.15) is 0 Å². The molecule has 2 aromatic carbocycles. The number of amides is 2. The zero-order valence-corrected chi connectivity index (χ0v) is 14.2. The zero-order valence-electron chi connectivity index (χ0n) is 13.4. The molecule has 0 spiro atoms. The molecule has 0 atom stereocenters. The van der Waals surface area contributed by atoms with Gasteiger partial charge in [0.1, 0.15) is 0 Å². The molecule has 0 fully saturated rings. The molecule has 7 heteroatoms. The Kier molecular flexibility index (Phi) is 5.35. The highest BCUT2D eigenvalue weighted by Crippen LogP contribution is 2.11. The molecule has 2 aromatic rings. The Balaban J connectivity index is 1.99. The first-order valence-electron chi connectivity index (χ1n) is 7.20. The van der Waals surface area contributed by atoms with E-state index in [1.54, 1.807) is 31.3 Å². The molecule has 2 amide bonds. The van der Waals surface area contributed by atoms with Crippen LogP contribution in [0.5, 0.6) is 0 Å². The fraction of sp³-hybridized carbons (Fsp3) is 0.176. The van der Waals surface area contributed by atoms with Crippen molar-refractivity contribution in [3.8, 4) is 0 Å². The maximum atomic E-state index is 12.1. The molecule has 2 rings (SSSR count). The lowest BCUT2D eigenvalue weighted by Gasteiger charge is -2.07. The molecule has 0 unspecified atom stereocenters. The first kappa shape index (κ1) is 17.7. The number of nitrogens with one attached hydrogen (secondary N) is 2. The molecule has 0 aliphatic rings. The third-order valence-electron chi connectivity index (χ3n) is 3.44. The molecule has 126 valence electrons. The van der Waals surface area contributed by atoms with Gasteiger partial charge in [0.2, 0.25) is 0 Å². The van der Waals surface area contributed by atoms with Gasteiger partial charge in [-0.25, -0.2) is 8.42 Å². The van der Waals surface area contributed by atoms with E-state index in [9.17, 15) is 18.0 Å². The fourth-order valence-electron chi connectivity index (χ4n) is 2.06. The molecule has 0 aliphatic carbocycles. The van der Waals surface area contributed by atoms with Gasteiger partial charge >= 0.3 is 0 Å². The van der Waals surface area contributed by atoms with Gasteiger partial charge in [0.15, 0.2) is 9.84 Å². The number of carbonyl (C=O) groups is 2. The van der Waals surface area contributed by atoms with Gasteiger partial charge in [-0.3, -0.25) is 9.59 Å². The lowest BCUT2D eigenvalue weighted by Crippen LogP contribution is -2.23. The predicted octanol–water partition coefficient (Wildman–Crippen LogP) is 1.38. The van der Waals surface area contributed by atoms with E-state index < -0.39 is 9.84 Å². The Morgan fingerprint density at radius 1 is 0.875 bits per heavy atom. The SMILES string of the molecule is CNC(=O)c1ccc(CNC(=O)c2ccc(S(C)(=O)=O)cc2)cc1. The van der Waals surface area contributed by atoms with Gasteiger partial charge in [0.05, 0.1) is 4.90 Å². The summed E-state index contributed by atoms with van der Waals surface area (Å²) in [5.41, 5.74) is 1.78. The third-order valence-corrected chi connectivity index (χ3v) is 4.57. The zero-order chi connectivity index (χ0) is 17.7. The minimum atomic E-state index is -3.28. The molecule has 0 bridgehead atoms. The van der Waals surface area contributed by atoms with Crippen LogP contribution in [0.15, 0.2) is 53.4 Å². The standard InChI is InChI=1S/C17H18N2O4S/c1-18-16(20)13-5-3-12(4-6-13)11-19-17(21)14-7-9-15(10-8-14)24(2,22)23/h3-10H,11H2,1-2H3,(H,18,20)(H,19,21). The highest BCUT2D eigenvalue weighted by Gasteiger charge is 2.10. The van der Waals surface area contributed by atoms with E-state index in [2.05, 4.69) is 10.6 Å². The number of carbonyl (C=O) groups excluding carboxylic acids is 2. The maximum absolute atomic E-state index is 12.1. The quantitative estimate of drug-likeness (QED) is 0.855. The van der Waals surface area contributed by atoms with Gasteiger partial charge in [0.25, 0.3) is 11.8 Å². The summed E-state index contributed by atoms with van der Waals surface area (Å²) < 4.78 is 22.8. The van der Waals surface area contributed by atoms with Gasteiger partial charge in [-0.05, 0) is 42.0 Å². The fourth-order valence-corrected chi connectivity index (χ4v) is 2.69. The van der Waals surface area contributed by atoms with Gasteiger partial charge in [0, 0.05) is 31.0 Å². The van der Waals surface area contributed by atoms with Crippen LogP contribution in [0, 0.1) is 0 Å². The Morgan fingerprint density at radius 3 is 1.88 bits per heavy atom. The molecule has 2 N–H and O–H groups in total. The minimum absolute atomic E-state index is 0.170. The average molecular weight is 346 g/mol. The van der Waals surface area contributed by atoms with Crippen molar-refractivity contribution < 1.29 is 18.0 Å². The van der Waals surface area contributed by atoms with Crippen molar-refractivity contribution in [2.45, 2.75) is 11.4 Å². The monoisotopic (exact) mass is 346 g/mol. The molecular weight excluding hydrogens is 328 g/mol. The summed E-state index contributed by atoms with van der Waals surface area (Å²) in [4.78, 5) is 23.7. The van der Waals surface area contributed by atoms with Crippen molar-refractivity contribution in [1.82, 2.24) is 10.6 Å². The highest BCUT2D eigenvalue weighted by molar-refractivity contribution is 7.90. The van der Waals surface area contributed by atoms with Crippen LogP contribution in [-0.4, -0.2) is 33.5 Å². The van der Waals surface area contributed by atoms with E-state index in [4.69, 9.17) is 0 Å². The summed E-state index contributed by atoms with van der Waals surface area (Å²) in [7, 11) is -1.72. The molecule has 0 saturated carbocycles. The molecule has 0 radical (unpaired) electrons. The summed E-state index contributed by atoms with van der Waals surface area (Å²) in [5.74, 6) is -0.470. The normalized spacial score (nSPS) is 10.9. The van der Waals surface area contributed by atoms with Crippen molar-refractivity contribution in [3.05, 3.63) is 65.2 Å². The van der Waals surface area contributed by atoms with Crippen LogP contribution in [0.2, 0.25) is 0 Å². The molecule has 0 saturated heterocycles. The summed E-state index contributed by atoms with van der Waals surface area (Å²) in [6, 6.07) is 12.6. The number of benzene rings is 2. The highest BCUT2D eigenvalue weighted by atomic mass is 32.2. The molecular formula is C17H18N2O4S. The largest absolute Gasteiger partial charge is 0.355 e. The van der Waals surface area contributed by atoms with Crippen molar-refractivity contribution >= 4 is 21.7 Å². The third kappa shape index (κ3) is 4.42. The van der Waals surface area contributed by atoms with Crippen molar-refractivity contribution in [3.63, 3.8) is 0 Å². The number of sulfone groups is 1. The maximum Gasteiger partial charge on any atom is 0.251 e. The van der Waals surface area contributed by atoms with Crippen LogP contribution in [0.3, 0.4) is 0 Å². The van der Waals surface area contributed by atoms with Gasteiger partial charge < -0.3 is 10.6 Å². The molecule has 0 heterocycles. The Bertz CT molecular complexity index is 841. The first-order valence-corrected chi connectivity index (χ1v) is 9.10. The predicted molar refractivity (Wildman–Crippen MR) is 90.6 cm³/mol. The van der Waals surface area contributed by atoms with Crippen LogP contribution in [-0.2, 0) is 16.4 Å². The topological polar surface area (TPSA) is 92.3 Å². The van der Waals surface area contributed by atoms with E-state index in [1.165, 1.54) is 24.3 Å². The van der Waals surface area contributed by atoms with Crippen LogP contribution in [0.25, 0.3) is 0 Å². The van der Waals surface area contributed by atoms with Crippen LogP contribution in [0.4, 0.5) is 0 Å². The smallest absolute Gasteiger partial charge is 0.251 e. The van der Waals surface area contributed by atoms with Crippen molar-refractivity contribution in [2.75, 3.05) is 13.3 Å². The second-order valence-corrected chi connectivity index (χ2v) is 7.27. The van der Waals surface area contributed by atoms with Crippen molar-refractivity contribution in [1.29, 1.82) is 0 Å². The summed E-state index contributed by atoms with van der Waals surface area (Å²) in [6.45, 7) is 0.306. The second-order valence-electron chi connectivity index (χ2n) is 5.26. The van der Waals surface area contributed by atoms with E-state index in [1.807, 2.05) is 0 Å². The number of hydrogen-bond donors (Lipinski definition) is 2. The van der Waals surface area contributed by atoms with E-state index in [0.717, 1.165) is 11.8 Å². The van der Waals surface area contributed by atoms with E-state index in [-0.39, 0.29) is 16.7 Å². The number of hydrogen-bond acceptors (Lipinski definition) is 4. The Labute approximate surface area is 140 Å². The molecule has 24 heavy (non-hydrogen) atoms. The lowest BCUT2D eigenvalue weighted by atomic mass is 10.1. The lowest BCUT2D eigenvalue weighted by molar-refractivity contribution is 0.0946. The summed E-state index contributed by atoms with van der Waals surface area (Å²) in [5, 5.41) is 5.28. The van der Waals surface area contributed by atoms with Crippen LogP contribution >= 0.6 is 0 Å². The van der Waals surface area contributed by atoms with E-state index in [0.29, 0.717) is 17.7 Å². The van der Waals surface area contributed by atoms with E-state index >= 15 is 0 Å². The second kappa shape index (κ2) is 7.27. The van der Waals surface area contributed by atoms with Crippen LogP contribution < -0.4 is 10.6 Å². The van der Waals surface area contributed by atoms with Crippen LogP contribution in [0.1, 0.15) is 26.3 Å². The van der Waals surface area contributed by atoms with Gasteiger partial charge in [-0.15, -0.1) is 0 Å². The minimum Gasteiger partial charge on any atom is -0.355 e. The van der Waals surface area contributed by atoms with Crippen molar-refractivity contribution in [2.24, 2.45) is 0 Å². The Morgan fingerprint density at radius 2 is 1.38 bits per heavy atom. The molecule has 6 nitrogen and oxygen atoms in total. The first-order chi connectivity index (χ1) is 11.3. The summed E-state index contributed by atoms with van der Waals surface area (Å²) >= 11 is 0. The molecule has 0 aliphatic heterocycles. The Hall–Kier alpha value is -2.67.